The van der Waals surface area contributed by atoms with Gasteiger partial charge in [-0.05, 0) is 18.2 Å². The molecule has 0 saturated carbocycles. The number of fused-ring (bicyclic) bond motifs is 1. The van der Waals surface area contributed by atoms with Crippen LogP contribution in [0.4, 0.5) is 15.8 Å². The third-order valence-corrected chi connectivity index (χ3v) is 6.17. The number of halogens is 2. The number of carboxylic acid groups (broad SMARTS) is 1. The highest BCUT2D eigenvalue weighted by Crippen LogP contribution is 2.37. The number of aromatic nitrogens is 1. The van der Waals surface area contributed by atoms with Gasteiger partial charge < -0.3 is 14.8 Å². The maximum atomic E-state index is 14.5. The van der Waals surface area contributed by atoms with E-state index in [1.54, 1.807) is 6.07 Å². The van der Waals surface area contributed by atoms with Crippen molar-refractivity contribution in [3.8, 4) is 0 Å². The predicted molar refractivity (Wildman–Crippen MR) is 98.6 cm³/mol. The molecule has 2 heterocycles. The molecule has 0 saturated heterocycles. The van der Waals surface area contributed by atoms with Gasteiger partial charge in [-0.1, -0.05) is 42.5 Å². The predicted octanol–water partition coefficient (Wildman–Crippen LogP) is 4.61. The van der Waals surface area contributed by atoms with Gasteiger partial charge in [-0.3, -0.25) is 0 Å². The van der Waals surface area contributed by atoms with Gasteiger partial charge in [0.1, 0.15) is 22.2 Å². The maximum absolute atomic E-state index is 14.5. The van der Waals surface area contributed by atoms with Crippen LogP contribution in [0.1, 0.15) is 10.6 Å². The fraction of sp³-hybridized carbons (Fsp3) is 0.176. The number of anilines is 2. The number of pyridine rings is 1. The third kappa shape index (κ3) is 3.25. The summed E-state index contributed by atoms with van der Waals surface area (Å²) in [6, 6.07) is 6.43. The van der Waals surface area contributed by atoms with Gasteiger partial charge in [-0.25, -0.2) is 14.2 Å². The highest BCUT2D eigenvalue weighted by atomic mass is 35.5. The lowest BCUT2D eigenvalue weighted by atomic mass is 10.2. The van der Waals surface area contributed by atoms with Gasteiger partial charge in [-0.2, -0.15) is 0 Å². The van der Waals surface area contributed by atoms with Crippen molar-refractivity contribution >= 4 is 53.2 Å². The monoisotopic (exact) mass is 378 g/mol. The van der Waals surface area contributed by atoms with Crippen LogP contribution in [0.15, 0.2) is 34.9 Å². The quantitative estimate of drug-likeness (QED) is 0.512. The van der Waals surface area contributed by atoms with E-state index in [0.717, 1.165) is 5.19 Å². The fourth-order valence-corrected chi connectivity index (χ4v) is 3.88. The molecule has 25 heavy (non-hydrogen) atoms. The number of benzene rings is 1. The van der Waals surface area contributed by atoms with E-state index in [9.17, 15) is 14.3 Å². The van der Waals surface area contributed by atoms with Crippen molar-refractivity contribution in [3.05, 3.63) is 47.2 Å². The van der Waals surface area contributed by atoms with Crippen molar-refractivity contribution in [2.75, 3.05) is 5.32 Å². The van der Waals surface area contributed by atoms with E-state index in [1.807, 2.05) is 6.07 Å². The number of carboxylic acids is 1. The molecule has 1 aromatic carbocycles. The summed E-state index contributed by atoms with van der Waals surface area (Å²) >= 11 is 6.08. The third-order valence-electron chi connectivity index (χ3n) is 3.84. The number of hydrogen-bond acceptors (Lipinski definition) is 4. The zero-order chi connectivity index (χ0) is 18.4. The molecule has 0 fully saturated rings. The lowest BCUT2D eigenvalue weighted by molar-refractivity contribution is 0.0666. The molecular formula is C17H16ClFN2O3Si. The van der Waals surface area contributed by atoms with Crippen molar-refractivity contribution in [2.24, 2.45) is 0 Å². The summed E-state index contributed by atoms with van der Waals surface area (Å²) in [5.41, 5.74) is 0.492. The first-order valence-electron chi connectivity index (χ1n) is 7.56. The number of carbonyl (C=O) groups is 1. The van der Waals surface area contributed by atoms with E-state index in [1.165, 1.54) is 18.3 Å². The van der Waals surface area contributed by atoms with Crippen LogP contribution in [-0.4, -0.2) is 24.1 Å². The minimum atomic E-state index is -1.66. The molecule has 2 aromatic heterocycles. The minimum Gasteiger partial charge on any atom is -0.475 e. The minimum absolute atomic E-state index is 0.0791. The van der Waals surface area contributed by atoms with Crippen molar-refractivity contribution < 1.29 is 18.7 Å². The van der Waals surface area contributed by atoms with Crippen molar-refractivity contribution in [1.29, 1.82) is 0 Å². The Labute approximate surface area is 149 Å². The van der Waals surface area contributed by atoms with Crippen LogP contribution < -0.4 is 10.5 Å². The molecule has 0 aliphatic heterocycles. The lowest BCUT2D eigenvalue weighted by Gasteiger charge is -2.17. The molecule has 2 N–H and O–H groups in total. The first-order valence-corrected chi connectivity index (χ1v) is 11.4. The molecule has 0 unspecified atom stereocenters. The normalized spacial score (nSPS) is 11.7. The van der Waals surface area contributed by atoms with E-state index in [-0.39, 0.29) is 27.9 Å². The second-order valence-electron chi connectivity index (χ2n) is 6.66. The van der Waals surface area contributed by atoms with Crippen molar-refractivity contribution in [2.45, 2.75) is 19.6 Å². The van der Waals surface area contributed by atoms with E-state index >= 15 is 0 Å². The first-order chi connectivity index (χ1) is 11.7. The van der Waals surface area contributed by atoms with Crippen molar-refractivity contribution in [1.82, 2.24) is 4.98 Å². The number of hydrogen-bond donors (Lipinski definition) is 2. The van der Waals surface area contributed by atoms with Gasteiger partial charge in [-0.15, -0.1) is 0 Å². The van der Waals surface area contributed by atoms with E-state index in [0.29, 0.717) is 5.39 Å². The number of nitrogens with zero attached hydrogens (tertiary/aromatic N) is 1. The Bertz CT molecular complexity index is 982. The second-order valence-corrected chi connectivity index (χ2v) is 12.1. The van der Waals surface area contributed by atoms with E-state index in [4.69, 9.17) is 16.0 Å². The summed E-state index contributed by atoms with van der Waals surface area (Å²) in [4.78, 5) is 15.4. The fourth-order valence-electron chi connectivity index (χ4n) is 2.49. The van der Waals surface area contributed by atoms with Gasteiger partial charge >= 0.3 is 5.97 Å². The average Bonchev–Trinajstić information content (AvgIpc) is 2.88. The highest BCUT2D eigenvalue weighted by Gasteiger charge is 2.24. The van der Waals surface area contributed by atoms with Gasteiger partial charge in [0.25, 0.3) is 0 Å². The second kappa shape index (κ2) is 6.16. The Balaban J connectivity index is 2.12. The molecule has 0 aliphatic carbocycles. The molecule has 0 amide bonds. The van der Waals surface area contributed by atoms with Crippen LogP contribution in [0.2, 0.25) is 24.8 Å². The SMILES string of the molecule is C[Si](C)(C)c1ccc(Nc2c(C(=O)O)oc3ccnc(Cl)c23)c(F)c1. The van der Waals surface area contributed by atoms with Crippen LogP contribution in [-0.2, 0) is 0 Å². The van der Waals surface area contributed by atoms with Crippen LogP contribution in [0.3, 0.4) is 0 Å². The van der Waals surface area contributed by atoms with Crippen LogP contribution >= 0.6 is 11.6 Å². The van der Waals surface area contributed by atoms with Crippen molar-refractivity contribution in [3.63, 3.8) is 0 Å². The number of rotatable bonds is 4. The molecule has 0 aliphatic rings. The van der Waals surface area contributed by atoms with Crippen LogP contribution in [0.5, 0.6) is 0 Å². The maximum Gasteiger partial charge on any atom is 0.374 e. The Hall–Kier alpha value is -2.38. The summed E-state index contributed by atoms with van der Waals surface area (Å²) in [7, 11) is -1.66. The van der Waals surface area contributed by atoms with Gasteiger partial charge in [0.2, 0.25) is 5.76 Å². The number of furan rings is 1. The molecule has 0 spiro atoms. The Morgan fingerprint density at radius 1 is 1.32 bits per heavy atom. The molecule has 3 rings (SSSR count). The topological polar surface area (TPSA) is 75.4 Å². The molecular weight excluding hydrogens is 363 g/mol. The standard InChI is InChI=1S/C17H16ClFN2O3Si/c1-25(2,3)9-4-5-11(10(19)8-9)21-14-13-12(6-7-20-16(13)18)24-15(14)17(22)23/h4-8,21H,1-3H3,(H,22,23). The van der Waals surface area contributed by atoms with E-state index in [2.05, 4.69) is 29.9 Å². The summed E-state index contributed by atoms with van der Waals surface area (Å²) in [6.45, 7) is 6.35. The van der Waals surface area contributed by atoms with Crippen LogP contribution in [0, 0.1) is 5.82 Å². The molecule has 0 bridgehead atoms. The summed E-state index contributed by atoms with van der Waals surface area (Å²) in [5, 5.41) is 13.5. The largest absolute Gasteiger partial charge is 0.475 e. The van der Waals surface area contributed by atoms with Gasteiger partial charge in [0.05, 0.1) is 19.1 Å². The molecule has 8 heteroatoms. The summed E-state index contributed by atoms with van der Waals surface area (Å²) in [6.07, 6.45) is 1.41. The number of aromatic carboxylic acids is 1. The first kappa shape index (κ1) is 17.4. The van der Waals surface area contributed by atoms with E-state index < -0.39 is 19.9 Å². The molecule has 3 aromatic rings. The zero-order valence-electron chi connectivity index (χ0n) is 13.9. The Morgan fingerprint density at radius 2 is 2.04 bits per heavy atom. The number of nitrogens with one attached hydrogen (secondary N) is 1. The Kier molecular flexibility index (Phi) is 4.30. The molecule has 0 radical (unpaired) electrons. The Morgan fingerprint density at radius 3 is 2.64 bits per heavy atom. The molecule has 0 atom stereocenters. The average molecular weight is 379 g/mol. The zero-order valence-corrected chi connectivity index (χ0v) is 15.6. The van der Waals surface area contributed by atoms with Gasteiger partial charge in [0, 0.05) is 6.20 Å². The molecule has 130 valence electrons. The van der Waals surface area contributed by atoms with Crippen LogP contribution in [0.25, 0.3) is 11.0 Å². The van der Waals surface area contributed by atoms with Gasteiger partial charge in [0.15, 0.2) is 0 Å². The summed E-state index contributed by atoms with van der Waals surface area (Å²) in [5.74, 6) is -2.10. The summed E-state index contributed by atoms with van der Waals surface area (Å²) < 4.78 is 19.9. The highest BCUT2D eigenvalue weighted by molar-refractivity contribution is 6.88. The smallest absolute Gasteiger partial charge is 0.374 e. The molecule has 5 nitrogen and oxygen atoms in total. The lowest BCUT2D eigenvalue weighted by Crippen LogP contribution is -2.37.